The molecule has 0 saturated heterocycles. The van der Waals surface area contributed by atoms with Crippen molar-refractivity contribution >= 4 is 11.1 Å². The van der Waals surface area contributed by atoms with Gasteiger partial charge in [0.1, 0.15) is 11.5 Å². The predicted octanol–water partition coefficient (Wildman–Crippen LogP) is 4.19. The fourth-order valence-corrected chi connectivity index (χ4v) is 2.83. The molecule has 0 aliphatic heterocycles. The highest BCUT2D eigenvalue weighted by Gasteiger charge is 2.19. The maximum absolute atomic E-state index is 5.37. The van der Waals surface area contributed by atoms with Crippen LogP contribution in [0.15, 0.2) is 42.5 Å². The summed E-state index contributed by atoms with van der Waals surface area (Å²) in [4.78, 5) is 0. The summed E-state index contributed by atoms with van der Waals surface area (Å²) in [7, 11) is 3.37. The van der Waals surface area contributed by atoms with E-state index in [1.807, 2.05) is 6.07 Å². The van der Waals surface area contributed by atoms with E-state index in [4.69, 9.17) is 9.47 Å². The summed E-state index contributed by atoms with van der Waals surface area (Å²) < 4.78 is 10.7. The summed E-state index contributed by atoms with van der Waals surface area (Å²) in [5, 5.41) is 0. The van der Waals surface area contributed by atoms with Crippen LogP contribution in [-0.4, -0.2) is 14.2 Å². The maximum Gasteiger partial charge on any atom is 0.123 e. The highest BCUT2D eigenvalue weighted by molar-refractivity contribution is 5.96. The fraction of sp³-hybridized carbons (Fsp3) is 0.222. The van der Waals surface area contributed by atoms with Gasteiger partial charge in [-0.2, -0.15) is 0 Å². The number of hydrogen-bond donors (Lipinski definition) is 0. The summed E-state index contributed by atoms with van der Waals surface area (Å²) in [6, 6.07) is 14.6. The molecule has 1 aliphatic rings. The van der Waals surface area contributed by atoms with Gasteiger partial charge in [0, 0.05) is 6.07 Å². The van der Waals surface area contributed by atoms with Crippen molar-refractivity contribution in [1.29, 1.82) is 0 Å². The molecule has 0 heterocycles. The summed E-state index contributed by atoms with van der Waals surface area (Å²) >= 11 is 0. The summed E-state index contributed by atoms with van der Waals surface area (Å²) in [6.07, 6.45) is 0.971. The van der Waals surface area contributed by atoms with Gasteiger partial charge in [0.2, 0.25) is 0 Å². The summed E-state index contributed by atoms with van der Waals surface area (Å²) in [6.45, 7) is 2.19. The Bertz CT molecular complexity index is 661. The first-order valence-corrected chi connectivity index (χ1v) is 6.74. The van der Waals surface area contributed by atoms with Gasteiger partial charge in [-0.15, -0.1) is 0 Å². The molecule has 2 aromatic carbocycles. The van der Waals surface area contributed by atoms with Gasteiger partial charge in [0.15, 0.2) is 0 Å². The van der Waals surface area contributed by atoms with E-state index in [1.54, 1.807) is 14.2 Å². The molecule has 0 atom stereocenters. The normalized spacial score (nSPS) is 13.3. The van der Waals surface area contributed by atoms with Crippen LogP contribution in [0.25, 0.3) is 11.1 Å². The first-order valence-electron chi connectivity index (χ1n) is 6.74. The van der Waals surface area contributed by atoms with Gasteiger partial charge in [0.25, 0.3) is 0 Å². The van der Waals surface area contributed by atoms with Crippen LogP contribution in [0.5, 0.6) is 11.5 Å². The van der Waals surface area contributed by atoms with E-state index in [0.717, 1.165) is 17.9 Å². The Morgan fingerprint density at radius 1 is 0.900 bits per heavy atom. The molecule has 3 rings (SSSR count). The Hall–Kier alpha value is -2.22. The molecule has 0 saturated carbocycles. The van der Waals surface area contributed by atoms with Gasteiger partial charge in [-0.05, 0) is 53.3 Å². The zero-order chi connectivity index (χ0) is 14.1. The average molecular weight is 266 g/mol. The molecule has 2 nitrogen and oxygen atoms in total. The highest BCUT2D eigenvalue weighted by atomic mass is 16.5. The molecule has 2 heteroatoms. The lowest BCUT2D eigenvalue weighted by atomic mass is 10.0. The minimum absolute atomic E-state index is 0.829. The molecule has 0 radical (unpaired) electrons. The maximum atomic E-state index is 5.37. The van der Waals surface area contributed by atoms with Crippen LogP contribution in [-0.2, 0) is 6.42 Å². The molecule has 0 bridgehead atoms. The van der Waals surface area contributed by atoms with Crippen molar-refractivity contribution in [3.8, 4) is 11.5 Å². The van der Waals surface area contributed by atoms with Crippen molar-refractivity contribution in [3.05, 3.63) is 59.2 Å². The molecular formula is C18H18O2. The first kappa shape index (κ1) is 12.8. The third-order valence-corrected chi connectivity index (χ3v) is 3.94. The zero-order valence-corrected chi connectivity index (χ0v) is 12.1. The molecule has 1 aliphatic carbocycles. The lowest BCUT2D eigenvalue weighted by Crippen LogP contribution is -1.92. The molecule has 0 fully saturated rings. The summed E-state index contributed by atoms with van der Waals surface area (Å²) in [5.41, 5.74) is 6.61. The lowest BCUT2D eigenvalue weighted by Gasteiger charge is -2.10. The molecule has 0 amide bonds. The highest BCUT2D eigenvalue weighted by Crippen LogP contribution is 2.39. The second-order valence-electron chi connectivity index (χ2n) is 5.04. The lowest BCUT2D eigenvalue weighted by molar-refractivity contribution is 0.394. The second-order valence-corrected chi connectivity index (χ2v) is 5.04. The minimum Gasteiger partial charge on any atom is -0.497 e. The number of hydrogen-bond acceptors (Lipinski definition) is 2. The molecule has 0 unspecified atom stereocenters. The smallest absolute Gasteiger partial charge is 0.123 e. The van der Waals surface area contributed by atoms with E-state index in [-0.39, 0.29) is 0 Å². The van der Waals surface area contributed by atoms with Crippen LogP contribution in [0.3, 0.4) is 0 Å². The van der Waals surface area contributed by atoms with Crippen molar-refractivity contribution in [3.63, 3.8) is 0 Å². The van der Waals surface area contributed by atoms with Gasteiger partial charge in [-0.3, -0.25) is 0 Å². The van der Waals surface area contributed by atoms with E-state index in [1.165, 1.54) is 27.8 Å². The van der Waals surface area contributed by atoms with Crippen LogP contribution in [0.4, 0.5) is 0 Å². The number of benzene rings is 2. The van der Waals surface area contributed by atoms with E-state index < -0.39 is 0 Å². The van der Waals surface area contributed by atoms with Gasteiger partial charge < -0.3 is 9.47 Å². The average Bonchev–Trinajstić information content (AvgIpc) is 2.84. The van der Waals surface area contributed by atoms with Crippen LogP contribution in [0.1, 0.15) is 23.6 Å². The second kappa shape index (κ2) is 5.04. The SMILES string of the molecule is COc1cc(OC)cc(C2=C(C)c3ccccc3C2)c1. The molecule has 0 N–H and O–H groups in total. The van der Waals surface area contributed by atoms with E-state index in [9.17, 15) is 0 Å². The number of methoxy groups -OCH3 is 2. The Morgan fingerprint density at radius 3 is 2.15 bits per heavy atom. The molecule has 102 valence electrons. The van der Waals surface area contributed by atoms with Crippen LogP contribution in [0, 0.1) is 0 Å². The topological polar surface area (TPSA) is 18.5 Å². The molecular weight excluding hydrogens is 248 g/mol. The number of allylic oxidation sites excluding steroid dienone is 2. The van der Waals surface area contributed by atoms with Gasteiger partial charge in [0.05, 0.1) is 14.2 Å². The quantitative estimate of drug-likeness (QED) is 0.829. The summed E-state index contributed by atoms with van der Waals surface area (Å²) in [5.74, 6) is 1.66. The third-order valence-electron chi connectivity index (χ3n) is 3.94. The zero-order valence-electron chi connectivity index (χ0n) is 12.1. The van der Waals surface area contributed by atoms with Gasteiger partial charge in [-0.1, -0.05) is 24.3 Å². The largest absolute Gasteiger partial charge is 0.497 e. The third kappa shape index (κ3) is 2.07. The first-order chi connectivity index (χ1) is 9.72. The van der Waals surface area contributed by atoms with E-state index >= 15 is 0 Å². The Morgan fingerprint density at radius 2 is 1.55 bits per heavy atom. The standard InChI is InChI=1S/C18H18O2/c1-12-17-7-5-4-6-13(17)10-18(12)14-8-15(19-2)11-16(9-14)20-3/h4-9,11H,10H2,1-3H3. The monoisotopic (exact) mass is 266 g/mol. The van der Waals surface area contributed by atoms with E-state index in [2.05, 4.69) is 43.3 Å². The van der Waals surface area contributed by atoms with Crippen molar-refractivity contribution in [2.75, 3.05) is 14.2 Å². The van der Waals surface area contributed by atoms with Crippen LogP contribution in [0.2, 0.25) is 0 Å². The Balaban J connectivity index is 2.09. The van der Waals surface area contributed by atoms with Crippen LogP contribution >= 0.6 is 0 Å². The van der Waals surface area contributed by atoms with Gasteiger partial charge in [-0.25, -0.2) is 0 Å². The number of rotatable bonds is 3. The van der Waals surface area contributed by atoms with Crippen molar-refractivity contribution < 1.29 is 9.47 Å². The Labute approximate surface area is 119 Å². The molecule has 20 heavy (non-hydrogen) atoms. The number of ether oxygens (including phenoxy) is 2. The van der Waals surface area contributed by atoms with Gasteiger partial charge >= 0.3 is 0 Å². The van der Waals surface area contributed by atoms with Crippen molar-refractivity contribution in [2.24, 2.45) is 0 Å². The molecule has 0 aromatic heterocycles. The Kier molecular flexibility index (Phi) is 3.23. The molecule has 2 aromatic rings. The predicted molar refractivity (Wildman–Crippen MR) is 82.2 cm³/mol. The number of fused-ring (bicyclic) bond motifs is 1. The molecule has 0 spiro atoms. The van der Waals surface area contributed by atoms with E-state index in [0.29, 0.717) is 0 Å². The van der Waals surface area contributed by atoms with Crippen molar-refractivity contribution in [2.45, 2.75) is 13.3 Å². The van der Waals surface area contributed by atoms with Crippen LogP contribution < -0.4 is 9.47 Å². The minimum atomic E-state index is 0.829. The fourth-order valence-electron chi connectivity index (χ4n) is 2.83. The van der Waals surface area contributed by atoms with Crippen molar-refractivity contribution in [1.82, 2.24) is 0 Å².